The molecule has 2 heterocycles. The van der Waals surface area contributed by atoms with E-state index in [9.17, 15) is 0 Å². The van der Waals surface area contributed by atoms with Crippen LogP contribution in [-0.4, -0.2) is 16.2 Å². The van der Waals surface area contributed by atoms with Crippen molar-refractivity contribution in [3.8, 4) is 0 Å². The summed E-state index contributed by atoms with van der Waals surface area (Å²) in [6, 6.07) is 17.9. The normalized spacial score (nSPS) is 11.2. The SMILES string of the molecule is C(=NCc1ccc2ccccc2n1)c1ccccn1. The standard InChI is InChI=1S/C16H13N3/c1-2-7-16-13(5-1)8-9-15(19-16)12-17-11-14-6-3-4-10-18-14/h1-11H,12H2. The van der Waals surface area contributed by atoms with Crippen molar-refractivity contribution >= 4 is 17.1 Å². The third kappa shape index (κ3) is 2.83. The number of aliphatic imine (C=N–C) groups is 1. The number of rotatable bonds is 3. The summed E-state index contributed by atoms with van der Waals surface area (Å²) in [5.74, 6) is 0. The first kappa shape index (κ1) is 11.5. The maximum atomic E-state index is 4.57. The molecule has 3 rings (SSSR count). The molecule has 3 aromatic rings. The van der Waals surface area contributed by atoms with Gasteiger partial charge in [-0.15, -0.1) is 0 Å². The number of hydrogen-bond acceptors (Lipinski definition) is 3. The van der Waals surface area contributed by atoms with Crippen LogP contribution in [0, 0.1) is 0 Å². The van der Waals surface area contributed by atoms with Crippen LogP contribution >= 0.6 is 0 Å². The predicted molar refractivity (Wildman–Crippen MR) is 77.3 cm³/mol. The fraction of sp³-hybridized carbons (Fsp3) is 0.0625. The third-order valence-electron chi connectivity index (χ3n) is 2.82. The van der Waals surface area contributed by atoms with Crippen LogP contribution in [0.2, 0.25) is 0 Å². The largest absolute Gasteiger partial charge is 0.285 e. The van der Waals surface area contributed by atoms with Crippen molar-refractivity contribution in [3.63, 3.8) is 0 Å². The molecule has 1 aromatic carbocycles. The Morgan fingerprint density at radius 2 is 1.84 bits per heavy atom. The molecule has 0 fully saturated rings. The minimum absolute atomic E-state index is 0.571. The Bertz CT molecular complexity index is 705. The van der Waals surface area contributed by atoms with Crippen molar-refractivity contribution in [3.05, 3.63) is 72.2 Å². The average molecular weight is 247 g/mol. The number of benzene rings is 1. The second-order valence-corrected chi connectivity index (χ2v) is 4.22. The lowest BCUT2D eigenvalue weighted by Gasteiger charge is -1.99. The molecule has 0 atom stereocenters. The Kier molecular flexibility index (Phi) is 3.28. The zero-order valence-electron chi connectivity index (χ0n) is 10.4. The highest BCUT2D eigenvalue weighted by molar-refractivity contribution is 5.78. The van der Waals surface area contributed by atoms with Crippen LogP contribution in [-0.2, 0) is 6.54 Å². The second kappa shape index (κ2) is 5.40. The summed E-state index contributed by atoms with van der Waals surface area (Å²) >= 11 is 0. The Balaban J connectivity index is 1.77. The molecule has 0 bridgehead atoms. The molecule has 3 nitrogen and oxygen atoms in total. The molecular formula is C16H13N3. The fourth-order valence-electron chi connectivity index (χ4n) is 1.88. The Hall–Kier alpha value is -2.55. The molecule has 0 amide bonds. The van der Waals surface area contributed by atoms with E-state index in [0.29, 0.717) is 6.54 Å². The van der Waals surface area contributed by atoms with Gasteiger partial charge in [0, 0.05) is 17.8 Å². The molecule has 0 N–H and O–H groups in total. The third-order valence-corrected chi connectivity index (χ3v) is 2.82. The van der Waals surface area contributed by atoms with Gasteiger partial charge in [-0.3, -0.25) is 15.0 Å². The molecule has 0 unspecified atom stereocenters. The van der Waals surface area contributed by atoms with Gasteiger partial charge in [-0.2, -0.15) is 0 Å². The van der Waals surface area contributed by atoms with Crippen LogP contribution in [0.25, 0.3) is 10.9 Å². The number of para-hydroxylation sites is 1. The molecule has 0 radical (unpaired) electrons. The Morgan fingerprint density at radius 1 is 0.947 bits per heavy atom. The summed E-state index contributed by atoms with van der Waals surface area (Å²) in [5.41, 5.74) is 2.84. The van der Waals surface area contributed by atoms with E-state index >= 15 is 0 Å². The quantitative estimate of drug-likeness (QED) is 0.666. The van der Waals surface area contributed by atoms with Crippen LogP contribution < -0.4 is 0 Å². The molecule has 0 aliphatic heterocycles. The number of hydrogen-bond donors (Lipinski definition) is 0. The van der Waals surface area contributed by atoms with E-state index in [1.807, 2.05) is 42.5 Å². The molecule has 0 aliphatic carbocycles. The zero-order chi connectivity index (χ0) is 12.9. The van der Waals surface area contributed by atoms with Crippen molar-refractivity contribution < 1.29 is 0 Å². The molecule has 92 valence electrons. The van der Waals surface area contributed by atoms with Gasteiger partial charge in [-0.05, 0) is 24.3 Å². The number of nitrogens with zero attached hydrogens (tertiary/aromatic N) is 3. The first-order valence-electron chi connectivity index (χ1n) is 6.17. The monoisotopic (exact) mass is 247 g/mol. The highest BCUT2D eigenvalue weighted by Crippen LogP contribution is 2.12. The summed E-state index contributed by atoms with van der Waals surface area (Å²) in [5, 5.41) is 1.15. The van der Waals surface area contributed by atoms with Crippen molar-refractivity contribution in [1.29, 1.82) is 0 Å². The fourth-order valence-corrected chi connectivity index (χ4v) is 1.88. The Labute approximate surface area is 111 Å². The van der Waals surface area contributed by atoms with Crippen LogP contribution in [0.1, 0.15) is 11.4 Å². The highest BCUT2D eigenvalue weighted by atomic mass is 14.8. The Morgan fingerprint density at radius 3 is 2.74 bits per heavy atom. The van der Waals surface area contributed by atoms with E-state index in [1.54, 1.807) is 12.4 Å². The van der Waals surface area contributed by atoms with Gasteiger partial charge >= 0.3 is 0 Å². The molecule has 19 heavy (non-hydrogen) atoms. The molecule has 0 aliphatic rings. The minimum Gasteiger partial charge on any atom is -0.285 e. The maximum Gasteiger partial charge on any atom is 0.0812 e. The van der Waals surface area contributed by atoms with Crippen LogP contribution in [0.3, 0.4) is 0 Å². The first-order chi connectivity index (χ1) is 9.42. The van der Waals surface area contributed by atoms with Crippen molar-refractivity contribution in [2.75, 3.05) is 0 Å². The van der Waals surface area contributed by atoms with Gasteiger partial charge in [0.25, 0.3) is 0 Å². The highest BCUT2D eigenvalue weighted by Gasteiger charge is 1.96. The van der Waals surface area contributed by atoms with E-state index in [0.717, 1.165) is 22.3 Å². The van der Waals surface area contributed by atoms with Gasteiger partial charge in [-0.25, -0.2) is 0 Å². The molecule has 0 saturated carbocycles. The van der Waals surface area contributed by atoms with Gasteiger partial charge in [0.05, 0.1) is 23.4 Å². The van der Waals surface area contributed by atoms with Gasteiger partial charge < -0.3 is 0 Å². The van der Waals surface area contributed by atoms with E-state index in [4.69, 9.17) is 0 Å². The molecule has 3 heteroatoms. The van der Waals surface area contributed by atoms with E-state index in [-0.39, 0.29) is 0 Å². The lowest BCUT2D eigenvalue weighted by Crippen LogP contribution is -1.90. The van der Waals surface area contributed by atoms with Crippen LogP contribution in [0.15, 0.2) is 65.8 Å². The summed E-state index contributed by atoms with van der Waals surface area (Å²) in [6.07, 6.45) is 3.53. The lowest BCUT2D eigenvalue weighted by atomic mass is 10.2. The molecule has 0 spiro atoms. The van der Waals surface area contributed by atoms with Crippen molar-refractivity contribution in [2.45, 2.75) is 6.54 Å². The number of fused-ring (bicyclic) bond motifs is 1. The summed E-state index contributed by atoms with van der Waals surface area (Å²) in [7, 11) is 0. The summed E-state index contributed by atoms with van der Waals surface area (Å²) < 4.78 is 0. The van der Waals surface area contributed by atoms with E-state index < -0.39 is 0 Å². The van der Waals surface area contributed by atoms with E-state index in [2.05, 4.69) is 27.1 Å². The second-order valence-electron chi connectivity index (χ2n) is 4.22. The van der Waals surface area contributed by atoms with E-state index in [1.165, 1.54) is 0 Å². The zero-order valence-corrected chi connectivity index (χ0v) is 10.4. The number of aromatic nitrogens is 2. The minimum atomic E-state index is 0.571. The van der Waals surface area contributed by atoms with Gasteiger partial charge in [0.15, 0.2) is 0 Å². The van der Waals surface area contributed by atoms with Crippen molar-refractivity contribution in [1.82, 2.24) is 9.97 Å². The topological polar surface area (TPSA) is 38.1 Å². The first-order valence-corrected chi connectivity index (χ1v) is 6.17. The average Bonchev–Trinajstić information content (AvgIpc) is 2.48. The predicted octanol–water partition coefficient (Wildman–Crippen LogP) is 3.25. The van der Waals surface area contributed by atoms with Gasteiger partial charge in [-0.1, -0.05) is 30.3 Å². The van der Waals surface area contributed by atoms with Gasteiger partial charge in [0.1, 0.15) is 0 Å². The van der Waals surface area contributed by atoms with Gasteiger partial charge in [0.2, 0.25) is 0 Å². The lowest BCUT2D eigenvalue weighted by molar-refractivity contribution is 1.01. The summed E-state index contributed by atoms with van der Waals surface area (Å²) in [4.78, 5) is 13.1. The number of pyridine rings is 2. The smallest absolute Gasteiger partial charge is 0.0812 e. The molecule has 2 aromatic heterocycles. The summed E-state index contributed by atoms with van der Waals surface area (Å²) in [6.45, 7) is 0.571. The molecular weight excluding hydrogens is 234 g/mol. The van der Waals surface area contributed by atoms with Crippen molar-refractivity contribution in [2.24, 2.45) is 4.99 Å². The van der Waals surface area contributed by atoms with Crippen LogP contribution in [0.5, 0.6) is 0 Å². The molecule has 0 saturated heterocycles. The maximum absolute atomic E-state index is 4.57. The van der Waals surface area contributed by atoms with Crippen LogP contribution in [0.4, 0.5) is 0 Å².